The number of benzene rings is 1. The molecule has 0 saturated carbocycles. The topological polar surface area (TPSA) is 192 Å². The number of hydrogen-bond acceptors (Lipinski definition) is 10. The first kappa shape index (κ1) is 25.6. The van der Waals surface area contributed by atoms with Gasteiger partial charge in [-0.3, -0.25) is 14.9 Å². The highest BCUT2D eigenvalue weighted by atomic mass is 35.5. The Labute approximate surface area is 186 Å². The van der Waals surface area contributed by atoms with Crippen molar-refractivity contribution >= 4 is 34.8 Å². The van der Waals surface area contributed by atoms with E-state index in [-0.39, 0.29) is 11.3 Å². The molecule has 2 rings (SSSR count). The maximum Gasteiger partial charge on any atom is 0.269 e. The summed E-state index contributed by atoms with van der Waals surface area (Å²) in [4.78, 5) is 20.6. The van der Waals surface area contributed by atoms with Crippen LogP contribution in [0.15, 0.2) is 24.3 Å². The standard InChI is InChI=1S/C17H22Cl2N2O10/c18-15(19)16(27)20-9(11(23)7-1-3-8(4-2-7)21(28)29)6-30-17-14(26)13(25)12(24)10(5-22)31-17/h1-4,9-15,17,22-26H,5-6H2,(H,20,27)/t9-,10-,11-,12+,13+,14-,17?/m1/s1. The Morgan fingerprint density at radius 3 is 2.32 bits per heavy atom. The number of nitrogens with one attached hydrogen (secondary N) is 1. The van der Waals surface area contributed by atoms with E-state index in [2.05, 4.69) is 5.32 Å². The Morgan fingerprint density at radius 2 is 1.81 bits per heavy atom. The number of alkyl halides is 2. The molecule has 1 amide bonds. The van der Waals surface area contributed by atoms with Crippen LogP contribution in [0.25, 0.3) is 0 Å². The van der Waals surface area contributed by atoms with Crippen LogP contribution in [0.3, 0.4) is 0 Å². The third-order valence-corrected chi connectivity index (χ3v) is 5.04. The summed E-state index contributed by atoms with van der Waals surface area (Å²) in [5.74, 6) is -0.869. The second-order valence-electron chi connectivity index (χ2n) is 6.74. The first-order chi connectivity index (χ1) is 14.6. The van der Waals surface area contributed by atoms with Gasteiger partial charge in [0, 0.05) is 12.1 Å². The zero-order valence-electron chi connectivity index (χ0n) is 15.8. The maximum atomic E-state index is 11.9. The van der Waals surface area contributed by atoms with Crippen molar-refractivity contribution in [3.05, 3.63) is 39.9 Å². The Kier molecular flexibility index (Phi) is 9.36. The molecule has 1 aromatic carbocycles. The van der Waals surface area contributed by atoms with Gasteiger partial charge in [-0.15, -0.1) is 0 Å². The first-order valence-corrected chi connectivity index (χ1v) is 9.87. The molecule has 0 radical (unpaired) electrons. The zero-order valence-corrected chi connectivity index (χ0v) is 17.3. The molecule has 0 bridgehead atoms. The minimum atomic E-state index is -1.69. The van der Waals surface area contributed by atoms with Gasteiger partial charge in [0.25, 0.3) is 11.6 Å². The summed E-state index contributed by atoms with van der Waals surface area (Å²) in [6.45, 7) is -1.16. The van der Waals surface area contributed by atoms with E-state index in [1.165, 1.54) is 12.1 Å². The second kappa shape index (κ2) is 11.3. The van der Waals surface area contributed by atoms with Crippen molar-refractivity contribution in [2.24, 2.45) is 0 Å². The minimum Gasteiger partial charge on any atom is -0.394 e. The highest BCUT2D eigenvalue weighted by molar-refractivity contribution is 6.53. The van der Waals surface area contributed by atoms with Gasteiger partial charge in [-0.25, -0.2) is 0 Å². The van der Waals surface area contributed by atoms with Crippen LogP contribution in [-0.2, 0) is 14.3 Å². The summed E-state index contributed by atoms with van der Waals surface area (Å²) in [5.41, 5.74) is -0.0234. The van der Waals surface area contributed by atoms with Crippen LogP contribution in [-0.4, -0.2) is 91.2 Å². The van der Waals surface area contributed by atoms with E-state index >= 15 is 0 Å². The zero-order chi connectivity index (χ0) is 23.3. The van der Waals surface area contributed by atoms with E-state index in [0.29, 0.717) is 0 Å². The summed E-state index contributed by atoms with van der Waals surface area (Å²) in [6, 6.07) is 3.65. The van der Waals surface area contributed by atoms with Gasteiger partial charge in [-0.05, 0) is 17.7 Å². The fourth-order valence-electron chi connectivity index (χ4n) is 2.89. The molecule has 1 heterocycles. The summed E-state index contributed by atoms with van der Waals surface area (Å²) in [5, 5.41) is 62.7. The lowest BCUT2D eigenvalue weighted by molar-refractivity contribution is -0.384. The van der Waals surface area contributed by atoms with E-state index < -0.39 is 71.7 Å². The number of aliphatic hydroxyl groups excluding tert-OH is 5. The number of rotatable bonds is 9. The summed E-state index contributed by atoms with van der Waals surface area (Å²) >= 11 is 11.1. The number of nitro groups is 1. The van der Waals surface area contributed by atoms with Gasteiger partial charge in [0.2, 0.25) is 0 Å². The smallest absolute Gasteiger partial charge is 0.269 e. The molecule has 1 unspecified atom stereocenters. The van der Waals surface area contributed by atoms with Crippen LogP contribution >= 0.6 is 23.2 Å². The lowest BCUT2D eigenvalue weighted by Crippen LogP contribution is -2.59. The van der Waals surface area contributed by atoms with E-state index in [0.717, 1.165) is 12.1 Å². The van der Waals surface area contributed by atoms with Crippen molar-refractivity contribution in [1.29, 1.82) is 0 Å². The van der Waals surface area contributed by atoms with Crippen LogP contribution in [0.4, 0.5) is 5.69 Å². The summed E-state index contributed by atoms with van der Waals surface area (Å²) in [7, 11) is 0. The molecule has 0 aromatic heterocycles. The molecule has 0 spiro atoms. The predicted octanol–water partition coefficient (Wildman–Crippen LogP) is -1.27. The number of nitro benzene ring substituents is 1. The molecule has 14 heteroatoms. The van der Waals surface area contributed by atoms with Gasteiger partial charge in [-0.1, -0.05) is 23.2 Å². The maximum absolute atomic E-state index is 11.9. The van der Waals surface area contributed by atoms with E-state index in [1.807, 2.05) is 0 Å². The molecule has 1 saturated heterocycles. The number of halogens is 2. The molecule has 1 fully saturated rings. The minimum absolute atomic E-state index is 0.189. The van der Waals surface area contributed by atoms with Crippen molar-refractivity contribution in [2.45, 2.75) is 47.7 Å². The number of hydrogen-bond donors (Lipinski definition) is 6. The molecule has 1 aliphatic rings. The number of carbonyl (C=O) groups excluding carboxylic acids is 1. The average molecular weight is 485 g/mol. The fraction of sp³-hybridized carbons (Fsp3) is 0.588. The lowest BCUT2D eigenvalue weighted by atomic mass is 9.99. The monoisotopic (exact) mass is 484 g/mol. The summed E-state index contributed by atoms with van der Waals surface area (Å²) in [6.07, 6.45) is -9.14. The van der Waals surface area contributed by atoms with Crippen molar-refractivity contribution in [2.75, 3.05) is 13.2 Å². The van der Waals surface area contributed by atoms with Crippen LogP contribution in [0, 0.1) is 10.1 Å². The number of amides is 1. The van der Waals surface area contributed by atoms with Crippen LogP contribution in [0.2, 0.25) is 0 Å². The van der Waals surface area contributed by atoms with E-state index in [1.54, 1.807) is 0 Å². The molecule has 7 atom stereocenters. The van der Waals surface area contributed by atoms with Crippen molar-refractivity contribution in [1.82, 2.24) is 5.32 Å². The third kappa shape index (κ3) is 6.44. The molecule has 6 N–H and O–H groups in total. The van der Waals surface area contributed by atoms with Crippen molar-refractivity contribution in [3.8, 4) is 0 Å². The summed E-state index contributed by atoms with van der Waals surface area (Å²) < 4.78 is 10.6. The van der Waals surface area contributed by atoms with Gasteiger partial charge in [-0.2, -0.15) is 0 Å². The first-order valence-electron chi connectivity index (χ1n) is 8.99. The van der Waals surface area contributed by atoms with Gasteiger partial charge in [0.05, 0.1) is 24.2 Å². The van der Waals surface area contributed by atoms with Crippen LogP contribution in [0.1, 0.15) is 11.7 Å². The molecule has 0 aliphatic carbocycles. The Morgan fingerprint density at radius 1 is 1.19 bits per heavy atom. The Hall–Kier alpha value is -1.61. The van der Waals surface area contributed by atoms with Crippen LogP contribution in [0.5, 0.6) is 0 Å². The molecule has 1 aliphatic heterocycles. The molecule has 174 valence electrons. The van der Waals surface area contributed by atoms with Gasteiger partial charge in [0.15, 0.2) is 11.1 Å². The lowest BCUT2D eigenvalue weighted by Gasteiger charge is -2.40. The molecular formula is C17H22Cl2N2O10. The molecular weight excluding hydrogens is 463 g/mol. The second-order valence-corrected chi connectivity index (χ2v) is 7.84. The number of aliphatic hydroxyl groups is 5. The Bertz CT molecular complexity index is 751. The quantitative estimate of drug-likeness (QED) is 0.140. The van der Waals surface area contributed by atoms with Crippen molar-refractivity contribution in [3.63, 3.8) is 0 Å². The third-order valence-electron chi connectivity index (χ3n) is 4.64. The Balaban J connectivity index is 2.15. The van der Waals surface area contributed by atoms with Crippen molar-refractivity contribution < 1.29 is 44.7 Å². The SMILES string of the molecule is O=C(N[C@H](COC1O[C@H](CO)[C@H](O)[C@H](O)[C@H]1O)[C@H](O)c1ccc([N+](=O)[O-])cc1)C(Cl)Cl. The van der Waals surface area contributed by atoms with E-state index in [9.17, 15) is 40.4 Å². The predicted molar refractivity (Wildman–Crippen MR) is 105 cm³/mol. The molecule has 31 heavy (non-hydrogen) atoms. The van der Waals surface area contributed by atoms with Gasteiger partial charge in [0.1, 0.15) is 30.5 Å². The largest absolute Gasteiger partial charge is 0.394 e. The van der Waals surface area contributed by atoms with Gasteiger partial charge >= 0.3 is 0 Å². The molecule has 1 aromatic rings. The fourth-order valence-corrected chi connectivity index (χ4v) is 3.01. The highest BCUT2D eigenvalue weighted by Gasteiger charge is 2.44. The number of nitrogens with zero attached hydrogens (tertiary/aromatic N) is 1. The van der Waals surface area contributed by atoms with E-state index in [4.69, 9.17) is 32.7 Å². The highest BCUT2D eigenvalue weighted by Crippen LogP contribution is 2.25. The number of carbonyl (C=O) groups is 1. The van der Waals surface area contributed by atoms with Gasteiger partial charge < -0.3 is 40.3 Å². The number of non-ortho nitro benzene ring substituents is 1. The van der Waals surface area contributed by atoms with Crippen LogP contribution < -0.4 is 5.32 Å². The molecule has 12 nitrogen and oxygen atoms in total. The average Bonchev–Trinajstić information content (AvgIpc) is 2.75. The number of ether oxygens (including phenoxy) is 2. The normalized spacial score (nSPS) is 28.2.